The lowest BCUT2D eigenvalue weighted by Crippen LogP contribution is -2.51. The zero-order valence-electron chi connectivity index (χ0n) is 10.5. The zero-order valence-corrected chi connectivity index (χ0v) is 10.5. The predicted molar refractivity (Wildman–Crippen MR) is 59.9 cm³/mol. The highest BCUT2D eigenvalue weighted by atomic mass is 19.3. The summed E-state index contributed by atoms with van der Waals surface area (Å²) in [6.07, 6.45) is 0.236. The zero-order chi connectivity index (χ0) is 13.9. The smallest absolute Gasteiger partial charge is 0.323 e. The number of ether oxygens (including phenoxy) is 1. The van der Waals surface area contributed by atoms with Crippen molar-refractivity contribution < 1.29 is 23.1 Å². The van der Waals surface area contributed by atoms with Crippen LogP contribution in [0.2, 0.25) is 0 Å². The largest absolute Gasteiger partial charge is 0.454 e. The number of halogens is 2. The topological polar surface area (TPSA) is 72.6 Å². The van der Waals surface area contributed by atoms with Gasteiger partial charge in [-0.2, -0.15) is 0 Å². The first-order chi connectivity index (χ1) is 8.24. The number of likely N-dealkylation sites (tertiary alicyclic amines) is 1. The molecule has 0 spiro atoms. The normalized spacial score (nSPS) is 24.5. The third-order valence-electron chi connectivity index (χ3n) is 3.02. The molecule has 5 nitrogen and oxygen atoms in total. The standard InChI is InChI=1S/C11H18F2N2O3/c1-7-3-4-15(6-11(7,12)13)9(16)5-18-10(17)8(2)14/h7-8H,3-6,14H2,1-2H3/t7-,8-/m0/s1. The number of nitrogens with two attached hydrogens (primary N) is 1. The van der Waals surface area contributed by atoms with Crippen molar-refractivity contribution in [2.45, 2.75) is 32.2 Å². The first kappa shape index (κ1) is 14.8. The molecular weight excluding hydrogens is 246 g/mol. The van der Waals surface area contributed by atoms with Crippen LogP contribution in [0.25, 0.3) is 0 Å². The van der Waals surface area contributed by atoms with Gasteiger partial charge < -0.3 is 15.4 Å². The Labute approximate surface area is 104 Å². The van der Waals surface area contributed by atoms with Crippen LogP contribution in [0, 0.1) is 5.92 Å². The van der Waals surface area contributed by atoms with Gasteiger partial charge in [0.05, 0.1) is 6.54 Å². The Morgan fingerprint density at radius 2 is 2.17 bits per heavy atom. The van der Waals surface area contributed by atoms with E-state index in [1.54, 1.807) is 0 Å². The van der Waals surface area contributed by atoms with Crippen molar-refractivity contribution in [1.29, 1.82) is 0 Å². The number of hydrogen-bond acceptors (Lipinski definition) is 4. The van der Waals surface area contributed by atoms with Crippen LogP contribution in [0.15, 0.2) is 0 Å². The molecule has 1 aliphatic heterocycles. The predicted octanol–water partition coefficient (Wildman–Crippen LogP) is 0.380. The van der Waals surface area contributed by atoms with Crippen LogP contribution in [0.4, 0.5) is 8.78 Å². The average molecular weight is 264 g/mol. The van der Waals surface area contributed by atoms with E-state index >= 15 is 0 Å². The van der Waals surface area contributed by atoms with Gasteiger partial charge in [-0.15, -0.1) is 0 Å². The van der Waals surface area contributed by atoms with Crippen LogP contribution in [0.1, 0.15) is 20.3 Å². The van der Waals surface area contributed by atoms with E-state index in [1.807, 2.05) is 0 Å². The number of esters is 1. The molecule has 1 saturated heterocycles. The number of carbonyl (C=O) groups is 2. The molecule has 2 N–H and O–H groups in total. The number of rotatable bonds is 3. The van der Waals surface area contributed by atoms with Crippen molar-refractivity contribution in [3.8, 4) is 0 Å². The number of carbonyl (C=O) groups excluding carboxylic acids is 2. The Hall–Kier alpha value is -1.24. The van der Waals surface area contributed by atoms with Crippen LogP contribution in [0.5, 0.6) is 0 Å². The van der Waals surface area contributed by atoms with Crippen molar-refractivity contribution >= 4 is 11.9 Å². The fraction of sp³-hybridized carbons (Fsp3) is 0.818. The van der Waals surface area contributed by atoms with E-state index in [2.05, 4.69) is 4.74 Å². The van der Waals surface area contributed by atoms with E-state index in [4.69, 9.17) is 5.73 Å². The van der Waals surface area contributed by atoms with Crippen LogP contribution >= 0.6 is 0 Å². The van der Waals surface area contributed by atoms with E-state index in [9.17, 15) is 18.4 Å². The minimum absolute atomic E-state index is 0.236. The molecule has 1 heterocycles. The van der Waals surface area contributed by atoms with E-state index in [-0.39, 0.29) is 13.0 Å². The second-order valence-electron chi connectivity index (χ2n) is 4.66. The summed E-state index contributed by atoms with van der Waals surface area (Å²) in [5.41, 5.74) is 5.24. The van der Waals surface area contributed by atoms with Crippen LogP contribution < -0.4 is 5.73 Å². The lowest BCUT2D eigenvalue weighted by atomic mass is 9.95. The number of amides is 1. The monoisotopic (exact) mass is 264 g/mol. The summed E-state index contributed by atoms with van der Waals surface area (Å²) in [5.74, 6) is -4.97. The Morgan fingerprint density at radius 3 is 2.67 bits per heavy atom. The molecule has 2 atom stereocenters. The third-order valence-corrected chi connectivity index (χ3v) is 3.02. The minimum Gasteiger partial charge on any atom is -0.454 e. The molecule has 0 unspecified atom stereocenters. The second kappa shape index (κ2) is 5.60. The van der Waals surface area contributed by atoms with Gasteiger partial charge in [0.15, 0.2) is 6.61 Å². The molecule has 7 heteroatoms. The molecule has 1 aliphatic rings. The molecule has 0 aromatic carbocycles. The molecule has 0 aliphatic carbocycles. The summed E-state index contributed by atoms with van der Waals surface area (Å²) in [6.45, 7) is 1.97. The Morgan fingerprint density at radius 1 is 1.56 bits per heavy atom. The SMILES string of the molecule is C[C@H](N)C(=O)OCC(=O)N1CC[C@H](C)C(F)(F)C1. The molecular formula is C11H18F2N2O3. The van der Waals surface area contributed by atoms with Gasteiger partial charge in [-0.3, -0.25) is 9.59 Å². The van der Waals surface area contributed by atoms with Gasteiger partial charge in [0, 0.05) is 12.5 Å². The van der Waals surface area contributed by atoms with E-state index < -0.39 is 42.9 Å². The molecule has 18 heavy (non-hydrogen) atoms. The van der Waals surface area contributed by atoms with Crippen molar-refractivity contribution in [1.82, 2.24) is 4.90 Å². The van der Waals surface area contributed by atoms with Crippen LogP contribution in [-0.4, -0.2) is 48.4 Å². The Balaban J connectivity index is 2.46. The fourth-order valence-electron chi connectivity index (χ4n) is 1.62. The summed E-state index contributed by atoms with van der Waals surface area (Å²) >= 11 is 0. The summed E-state index contributed by atoms with van der Waals surface area (Å²) in [7, 11) is 0. The summed E-state index contributed by atoms with van der Waals surface area (Å²) in [4.78, 5) is 23.7. The summed E-state index contributed by atoms with van der Waals surface area (Å²) < 4.78 is 31.4. The Bertz CT molecular complexity index is 334. The molecule has 0 aromatic heterocycles. The Kier molecular flexibility index (Phi) is 4.61. The second-order valence-corrected chi connectivity index (χ2v) is 4.66. The van der Waals surface area contributed by atoms with Gasteiger partial charge in [-0.25, -0.2) is 8.78 Å². The molecule has 1 fully saturated rings. The van der Waals surface area contributed by atoms with Gasteiger partial charge in [0.25, 0.3) is 11.8 Å². The maximum Gasteiger partial charge on any atom is 0.323 e. The molecule has 0 aromatic rings. The van der Waals surface area contributed by atoms with Crippen LogP contribution in [-0.2, 0) is 14.3 Å². The molecule has 0 bridgehead atoms. The molecule has 1 amide bonds. The third kappa shape index (κ3) is 3.63. The quantitative estimate of drug-likeness (QED) is 0.748. The molecule has 0 radical (unpaired) electrons. The minimum atomic E-state index is -2.89. The first-order valence-corrected chi connectivity index (χ1v) is 5.82. The number of alkyl halides is 2. The highest BCUT2D eigenvalue weighted by Gasteiger charge is 2.43. The van der Waals surface area contributed by atoms with Gasteiger partial charge in [-0.1, -0.05) is 6.92 Å². The van der Waals surface area contributed by atoms with Crippen molar-refractivity contribution in [3.63, 3.8) is 0 Å². The number of hydrogen-bond donors (Lipinski definition) is 1. The maximum absolute atomic E-state index is 13.4. The van der Waals surface area contributed by atoms with Gasteiger partial charge in [0.2, 0.25) is 0 Å². The maximum atomic E-state index is 13.4. The average Bonchev–Trinajstić information content (AvgIpc) is 2.28. The lowest BCUT2D eigenvalue weighted by Gasteiger charge is -2.36. The van der Waals surface area contributed by atoms with E-state index in [0.717, 1.165) is 4.90 Å². The lowest BCUT2D eigenvalue weighted by molar-refractivity contribution is -0.160. The highest BCUT2D eigenvalue weighted by Crippen LogP contribution is 2.32. The molecule has 1 rings (SSSR count). The van der Waals surface area contributed by atoms with E-state index in [1.165, 1.54) is 13.8 Å². The summed E-state index contributed by atoms with van der Waals surface area (Å²) in [5, 5.41) is 0. The molecule has 104 valence electrons. The first-order valence-electron chi connectivity index (χ1n) is 5.82. The fourth-order valence-corrected chi connectivity index (χ4v) is 1.62. The van der Waals surface area contributed by atoms with Gasteiger partial charge in [-0.05, 0) is 13.3 Å². The highest BCUT2D eigenvalue weighted by molar-refractivity contribution is 5.82. The van der Waals surface area contributed by atoms with E-state index in [0.29, 0.717) is 0 Å². The number of piperidine rings is 1. The van der Waals surface area contributed by atoms with Gasteiger partial charge >= 0.3 is 5.97 Å². The van der Waals surface area contributed by atoms with Crippen molar-refractivity contribution in [2.24, 2.45) is 11.7 Å². The van der Waals surface area contributed by atoms with Gasteiger partial charge in [0.1, 0.15) is 6.04 Å². The van der Waals surface area contributed by atoms with Crippen molar-refractivity contribution in [3.05, 3.63) is 0 Å². The van der Waals surface area contributed by atoms with Crippen LogP contribution in [0.3, 0.4) is 0 Å². The molecule has 0 saturated carbocycles. The number of nitrogens with zero attached hydrogens (tertiary/aromatic N) is 1. The van der Waals surface area contributed by atoms with Crippen molar-refractivity contribution in [2.75, 3.05) is 19.7 Å². The summed E-state index contributed by atoms with van der Waals surface area (Å²) in [6, 6.07) is -0.833.